The van der Waals surface area contributed by atoms with E-state index in [1.54, 1.807) is 44.7 Å². The average molecular weight is 403 g/mol. The minimum Gasteiger partial charge on any atom is -0.497 e. The maximum absolute atomic E-state index is 12.2. The molecule has 1 atom stereocenters. The van der Waals surface area contributed by atoms with Crippen molar-refractivity contribution in [2.75, 3.05) is 25.8 Å². The van der Waals surface area contributed by atoms with E-state index < -0.39 is 0 Å². The van der Waals surface area contributed by atoms with Crippen LogP contribution in [-0.4, -0.2) is 40.8 Å². The molecule has 0 aliphatic rings. The average Bonchev–Trinajstić information content (AvgIpc) is 3.36. The molecule has 2 aromatic heterocycles. The fraction of sp³-hybridized carbons (Fsp3) is 0.278. The number of ether oxygens (including phenoxy) is 2. The van der Waals surface area contributed by atoms with Gasteiger partial charge in [0.05, 0.1) is 37.8 Å². The number of rotatable bonds is 8. The number of nitrogen functional groups attached to an aromatic ring is 1. The topological polar surface area (TPSA) is 117 Å². The quantitative estimate of drug-likeness (QED) is 0.434. The van der Waals surface area contributed by atoms with Crippen LogP contribution >= 0.6 is 11.8 Å². The highest BCUT2D eigenvalue weighted by atomic mass is 32.2. The van der Waals surface area contributed by atoms with Crippen LogP contribution in [0.5, 0.6) is 11.5 Å². The zero-order chi connectivity index (χ0) is 20.1. The van der Waals surface area contributed by atoms with Crippen LogP contribution in [0.2, 0.25) is 0 Å². The van der Waals surface area contributed by atoms with Crippen LogP contribution in [0.1, 0.15) is 18.7 Å². The number of thioether (sulfide) groups is 1. The molecular formula is C18H21N5O4S. The molecule has 0 saturated carbocycles. The van der Waals surface area contributed by atoms with Gasteiger partial charge in [-0.25, -0.2) is 4.68 Å². The van der Waals surface area contributed by atoms with Crippen molar-refractivity contribution in [3.05, 3.63) is 42.4 Å². The molecule has 148 valence electrons. The van der Waals surface area contributed by atoms with Crippen LogP contribution in [0.4, 0.5) is 0 Å². The van der Waals surface area contributed by atoms with Gasteiger partial charge in [-0.05, 0) is 31.2 Å². The van der Waals surface area contributed by atoms with Gasteiger partial charge in [0.1, 0.15) is 17.3 Å². The van der Waals surface area contributed by atoms with Gasteiger partial charge in [0.15, 0.2) is 5.82 Å². The predicted molar refractivity (Wildman–Crippen MR) is 105 cm³/mol. The lowest BCUT2D eigenvalue weighted by molar-refractivity contribution is -0.119. The molecule has 0 aliphatic heterocycles. The van der Waals surface area contributed by atoms with Gasteiger partial charge in [-0.1, -0.05) is 11.8 Å². The molecule has 0 fully saturated rings. The maximum atomic E-state index is 12.2. The lowest BCUT2D eigenvalue weighted by Gasteiger charge is -2.11. The maximum Gasteiger partial charge on any atom is 0.231 e. The second-order valence-corrected chi connectivity index (χ2v) is 6.78. The highest BCUT2D eigenvalue weighted by Gasteiger charge is 2.18. The normalized spacial score (nSPS) is 11.8. The van der Waals surface area contributed by atoms with Crippen LogP contribution in [0.15, 0.2) is 46.2 Å². The molecular weight excluding hydrogens is 382 g/mol. The van der Waals surface area contributed by atoms with Crippen molar-refractivity contribution in [2.45, 2.75) is 18.1 Å². The molecule has 1 amide bonds. The molecule has 9 nitrogen and oxygen atoms in total. The van der Waals surface area contributed by atoms with E-state index in [-0.39, 0.29) is 17.7 Å². The Kier molecular flexibility index (Phi) is 6.09. The standard InChI is InChI=1S/C18H21N5O4S/c1-11(14-5-4-8-27-14)20-16(24)10-28-18-22-21-17(23(18)19)13-7-6-12(25-2)9-15(13)26-3/h4-9,11H,10,19H2,1-3H3,(H,20,24)/t11-/m1/s1. The lowest BCUT2D eigenvalue weighted by atomic mass is 10.2. The molecule has 0 spiro atoms. The molecule has 3 N–H and O–H groups in total. The van der Waals surface area contributed by atoms with Crippen LogP contribution in [0.25, 0.3) is 11.4 Å². The fourth-order valence-electron chi connectivity index (χ4n) is 2.56. The molecule has 0 radical (unpaired) electrons. The summed E-state index contributed by atoms with van der Waals surface area (Å²) in [7, 11) is 3.13. The molecule has 3 rings (SSSR count). The first-order valence-corrected chi connectivity index (χ1v) is 9.40. The van der Waals surface area contributed by atoms with E-state index in [0.717, 1.165) is 0 Å². The SMILES string of the molecule is COc1ccc(-c2nnc(SCC(=O)N[C@H](C)c3ccco3)n2N)c(OC)c1. The summed E-state index contributed by atoms with van der Waals surface area (Å²) in [5.41, 5.74) is 0.668. The first-order chi connectivity index (χ1) is 13.5. The van der Waals surface area contributed by atoms with E-state index in [4.69, 9.17) is 19.7 Å². The van der Waals surface area contributed by atoms with Gasteiger partial charge in [0.25, 0.3) is 0 Å². The Hall–Kier alpha value is -3.14. The summed E-state index contributed by atoms with van der Waals surface area (Å²) >= 11 is 1.19. The third-order valence-corrected chi connectivity index (χ3v) is 4.94. The molecule has 0 aliphatic carbocycles. The van der Waals surface area contributed by atoms with E-state index in [9.17, 15) is 4.79 Å². The van der Waals surface area contributed by atoms with Crippen molar-refractivity contribution in [3.8, 4) is 22.9 Å². The van der Waals surface area contributed by atoms with Crippen molar-refractivity contribution in [2.24, 2.45) is 0 Å². The number of carbonyl (C=O) groups excluding carboxylic acids is 1. The third-order valence-electron chi connectivity index (χ3n) is 3.99. The minimum absolute atomic E-state index is 0.139. The number of amides is 1. The largest absolute Gasteiger partial charge is 0.497 e. The van der Waals surface area contributed by atoms with Crippen molar-refractivity contribution in [1.82, 2.24) is 20.2 Å². The van der Waals surface area contributed by atoms with Crippen molar-refractivity contribution >= 4 is 17.7 Å². The van der Waals surface area contributed by atoms with Gasteiger partial charge < -0.3 is 25.1 Å². The summed E-state index contributed by atoms with van der Waals surface area (Å²) in [6, 6.07) is 8.67. The molecule has 0 saturated heterocycles. The number of carbonyl (C=O) groups is 1. The highest BCUT2D eigenvalue weighted by molar-refractivity contribution is 7.99. The summed E-state index contributed by atoms with van der Waals surface area (Å²) < 4.78 is 17.2. The van der Waals surface area contributed by atoms with Crippen LogP contribution < -0.4 is 20.6 Å². The minimum atomic E-state index is -0.224. The molecule has 0 unspecified atom stereocenters. The summed E-state index contributed by atoms with van der Waals surface area (Å²) in [6.45, 7) is 1.85. The number of nitrogens with zero attached hydrogens (tertiary/aromatic N) is 3. The molecule has 3 aromatic rings. The van der Waals surface area contributed by atoms with Crippen LogP contribution in [0, 0.1) is 0 Å². The number of benzene rings is 1. The van der Waals surface area contributed by atoms with Gasteiger partial charge in [-0.3, -0.25) is 4.79 Å². The number of hydrogen-bond donors (Lipinski definition) is 2. The summed E-state index contributed by atoms with van der Waals surface area (Å²) in [4.78, 5) is 12.2. The van der Waals surface area contributed by atoms with E-state index in [1.807, 2.05) is 13.0 Å². The second-order valence-electron chi connectivity index (χ2n) is 5.84. The summed E-state index contributed by atoms with van der Waals surface area (Å²) in [5.74, 6) is 8.42. The van der Waals surface area contributed by atoms with Crippen molar-refractivity contribution in [1.29, 1.82) is 0 Å². The first-order valence-electron chi connectivity index (χ1n) is 8.42. The van der Waals surface area contributed by atoms with Gasteiger partial charge >= 0.3 is 0 Å². The Morgan fingerprint density at radius 1 is 1.32 bits per heavy atom. The molecule has 2 heterocycles. The van der Waals surface area contributed by atoms with Gasteiger partial charge in [0.2, 0.25) is 11.1 Å². The number of nitrogens with two attached hydrogens (primary N) is 1. The zero-order valence-corrected chi connectivity index (χ0v) is 16.5. The Morgan fingerprint density at radius 2 is 2.14 bits per heavy atom. The highest BCUT2D eigenvalue weighted by Crippen LogP contribution is 2.32. The van der Waals surface area contributed by atoms with Crippen LogP contribution in [-0.2, 0) is 4.79 Å². The Bertz CT molecular complexity index is 942. The second kappa shape index (κ2) is 8.70. The molecule has 0 bridgehead atoms. The van der Waals surface area contributed by atoms with Gasteiger partial charge in [0, 0.05) is 6.07 Å². The van der Waals surface area contributed by atoms with Crippen molar-refractivity contribution in [3.63, 3.8) is 0 Å². The van der Waals surface area contributed by atoms with E-state index in [0.29, 0.717) is 33.8 Å². The zero-order valence-electron chi connectivity index (χ0n) is 15.7. The van der Waals surface area contributed by atoms with Crippen LogP contribution in [0.3, 0.4) is 0 Å². The van der Waals surface area contributed by atoms with E-state index >= 15 is 0 Å². The van der Waals surface area contributed by atoms with Crippen molar-refractivity contribution < 1.29 is 18.7 Å². The smallest absolute Gasteiger partial charge is 0.231 e. The van der Waals surface area contributed by atoms with Gasteiger partial charge in [-0.2, -0.15) is 0 Å². The molecule has 10 heteroatoms. The lowest BCUT2D eigenvalue weighted by Crippen LogP contribution is -2.28. The Labute approximate surface area is 166 Å². The van der Waals surface area contributed by atoms with E-state index in [2.05, 4.69) is 15.5 Å². The third kappa shape index (κ3) is 4.22. The Morgan fingerprint density at radius 3 is 2.82 bits per heavy atom. The fourth-order valence-corrected chi connectivity index (χ4v) is 3.23. The number of hydrogen-bond acceptors (Lipinski definition) is 8. The predicted octanol–water partition coefficient (Wildman–Crippen LogP) is 2.24. The number of methoxy groups -OCH3 is 2. The Balaban J connectivity index is 1.67. The summed E-state index contributed by atoms with van der Waals surface area (Å²) in [6.07, 6.45) is 1.57. The monoisotopic (exact) mass is 403 g/mol. The van der Waals surface area contributed by atoms with Gasteiger partial charge in [-0.15, -0.1) is 10.2 Å². The number of nitrogens with one attached hydrogen (secondary N) is 1. The molecule has 1 aromatic carbocycles. The number of aromatic nitrogens is 3. The first kappa shape index (κ1) is 19.6. The number of furan rings is 1. The molecule has 28 heavy (non-hydrogen) atoms. The summed E-state index contributed by atoms with van der Waals surface area (Å²) in [5, 5.41) is 11.5. The van der Waals surface area contributed by atoms with E-state index in [1.165, 1.54) is 16.4 Å².